The Kier molecular flexibility index (Phi) is 7.46. The second-order valence-corrected chi connectivity index (χ2v) is 5.13. The number of allylic oxidation sites excluding steroid dienone is 1. The number of benzene rings is 1. The van der Waals surface area contributed by atoms with Crippen LogP contribution in [0.5, 0.6) is 0 Å². The molecule has 0 heterocycles. The summed E-state index contributed by atoms with van der Waals surface area (Å²) in [4.78, 5) is 0. The Labute approximate surface area is 117 Å². The molecule has 1 rings (SSSR count). The highest BCUT2D eigenvalue weighted by molar-refractivity contribution is 5.36. The lowest BCUT2D eigenvalue weighted by atomic mass is 9.96. The summed E-state index contributed by atoms with van der Waals surface area (Å²) in [7, 11) is 1.73. The van der Waals surface area contributed by atoms with Crippen molar-refractivity contribution < 1.29 is 4.74 Å². The molecule has 0 saturated carbocycles. The molecular weight excluding hydrogens is 234 g/mol. The zero-order chi connectivity index (χ0) is 14.1. The van der Waals surface area contributed by atoms with Crippen molar-refractivity contribution in [2.45, 2.75) is 33.6 Å². The number of rotatable bonds is 8. The quantitative estimate of drug-likeness (QED) is 0.572. The van der Waals surface area contributed by atoms with Gasteiger partial charge in [-0.15, -0.1) is 0 Å². The Morgan fingerprint density at radius 1 is 1.21 bits per heavy atom. The Hall–Kier alpha value is -1.12. The SMILES string of the molecule is COCCNCC/C=C(/C)Cc1c(C)cccc1C. The zero-order valence-corrected chi connectivity index (χ0v) is 12.8. The van der Waals surface area contributed by atoms with Crippen molar-refractivity contribution in [2.75, 3.05) is 26.8 Å². The van der Waals surface area contributed by atoms with Gasteiger partial charge in [-0.2, -0.15) is 0 Å². The van der Waals surface area contributed by atoms with Gasteiger partial charge in [-0.05, 0) is 56.8 Å². The van der Waals surface area contributed by atoms with Crippen molar-refractivity contribution in [2.24, 2.45) is 0 Å². The molecule has 0 aliphatic carbocycles. The molecule has 1 N–H and O–H groups in total. The third-order valence-corrected chi connectivity index (χ3v) is 3.40. The molecule has 0 aliphatic rings. The average molecular weight is 261 g/mol. The maximum absolute atomic E-state index is 5.00. The van der Waals surface area contributed by atoms with Crippen molar-refractivity contribution in [1.29, 1.82) is 0 Å². The molecule has 0 saturated heterocycles. The molecule has 0 bridgehead atoms. The van der Waals surface area contributed by atoms with Gasteiger partial charge < -0.3 is 10.1 Å². The van der Waals surface area contributed by atoms with Crippen molar-refractivity contribution in [3.05, 3.63) is 46.5 Å². The molecular formula is C17H27NO. The number of nitrogens with one attached hydrogen (secondary N) is 1. The predicted octanol–water partition coefficient (Wildman–Crippen LogP) is 3.42. The van der Waals surface area contributed by atoms with Crippen LogP contribution in [0, 0.1) is 13.8 Å². The summed E-state index contributed by atoms with van der Waals surface area (Å²) in [5, 5.41) is 3.36. The molecule has 1 aromatic rings. The first-order chi connectivity index (χ1) is 9.15. The fourth-order valence-electron chi connectivity index (χ4n) is 2.20. The second-order valence-electron chi connectivity index (χ2n) is 5.13. The Bertz CT molecular complexity index is 389. The van der Waals surface area contributed by atoms with Crippen LogP contribution in [0.3, 0.4) is 0 Å². The summed E-state index contributed by atoms with van der Waals surface area (Å²) >= 11 is 0. The molecule has 106 valence electrons. The molecule has 0 spiro atoms. The van der Waals surface area contributed by atoms with Crippen LogP contribution in [0.2, 0.25) is 0 Å². The largest absolute Gasteiger partial charge is 0.383 e. The molecule has 0 atom stereocenters. The molecule has 2 nitrogen and oxygen atoms in total. The number of aryl methyl sites for hydroxylation is 2. The number of ether oxygens (including phenoxy) is 1. The molecule has 0 unspecified atom stereocenters. The predicted molar refractivity (Wildman–Crippen MR) is 82.7 cm³/mol. The van der Waals surface area contributed by atoms with Gasteiger partial charge in [0, 0.05) is 13.7 Å². The van der Waals surface area contributed by atoms with Gasteiger partial charge >= 0.3 is 0 Å². The molecule has 0 amide bonds. The van der Waals surface area contributed by atoms with E-state index in [1.54, 1.807) is 7.11 Å². The van der Waals surface area contributed by atoms with Crippen molar-refractivity contribution >= 4 is 0 Å². The minimum atomic E-state index is 0.783. The Balaban J connectivity index is 2.39. The van der Waals surface area contributed by atoms with Crippen LogP contribution < -0.4 is 5.32 Å². The summed E-state index contributed by atoms with van der Waals surface area (Å²) in [6, 6.07) is 6.52. The first-order valence-electron chi connectivity index (χ1n) is 7.05. The van der Waals surface area contributed by atoms with Crippen LogP contribution >= 0.6 is 0 Å². The van der Waals surface area contributed by atoms with Crippen molar-refractivity contribution in [1.82, 2.24) is 5.32 Å². The number of hydrogen-bond acceptors (Lipinski definition) is 2. The van der Waals surface area contributed by atoms with Crippen LogP contribution in [0.4, 0.5) is 0 Å². The minimum absolute atomic E-state index is 0.783. The van der Waals surface area contributed by atoms with E-state index in [0.29, 0.717) is 0 Å². The van der Waals surface area contributed by atoms with Crippen LogP contribution in [0.1, 0.15) is 30.0 Å². The topological polar surface area (TPSA) is 21.3 Å². The van der Waals surface area contributed by atoms with Gasteiger partial charge in [0.15, 0.2) is 0 Å². The molecule has 19 heavy (non-hydrogen) atoms. The smallest absolute Gasteiger partial charge is 0.0587 e. The minimum Gasteiger partial charge on any atom is -0.383 e. The third kappa shape index (κ3) is 6.04. The van der Waals surface area contributed by atoms with Crippen molar-refractivity contribution in [3.8, 4) is 0 Å². The zero-order valence-electron chi connectivity index (χ0n) is 12.8. The van der Waals surface area contributed by atoms with E-state index in [2.05, 4.69) is 50.4 Å². The number of methoxy groups -OCH3 is 1. The van der Waals surface area contributed by atoms with Gasteiger partial charge in [-0.25, -0.2) is 0 Å². The van der Waals surface area contributed by atoms with E-state index in [0.717, 1.165) is 32.5 Å². The average Bonchev–Trinajstić information content (AvgIpc) is 2.38. The highest BCUT2D eigenvalue weighted by Crippen LogP contribution is 2.17. The van der Waals surface area contributed by atoms with Gasteiger partial charge in [-0.3, -0.25) is 0 Å². The summed E-state index contributed by atoms with van der Waals surface area (Å²) in [6.07, 6.45) is 4.49. The Morgan fingerprint density at radius 3 is 2.53 bits per heavy atom. The second kappa shape index (κ2) is 8.89. The van der Waals surface area contributed by atoms with E-state index < -0.39 is 0 Å². The lowest BCUT2D eigenvalue weighted by molar-refractivity contribution is 0.199. The van der Waals surface area contributed by atoms with E-state index in [9.17, 15) is 0 Å². The number of hydrogen-bond donors (Lipinski definition) is 1. The fourth-order valence-corrected chi connectivity index (χ4v) is 2.20. The first kappa shape index (κ1) is 15.9. The summed E-state index contributed by atoms with van der Waals surface area (Å²) in [6.45, 7) is 9.35. The normalized spacial score (nSPS) is 11.9. The summed E-state index contributed by atoms with van der Waals surface area (Å²) < 4.78 is 5.00. The summed E-state index contributed by atoms with van der Waals surface area (Å²) in [5.41, 5.74) is 5.71. The van der Waals surface area contributed by atoms with E-state index in [4.69, 9.17) is 4.74 Å². The van der Waals surface area contributed by atoms with E-state index in [-0.39, 0.29) is 0 Å². The third-order valence-electron chi connectivity index (χ3n) is 3.40. The molecule has 0 aromatic heterocycles. The van der Waals surface area contributed by atoms with Gasteiger partial charge in [-0.1, -0.05) is 29.8 Å². The highest BCUT2D eigenvalue weighted by atomic mass is 16.5. The highest BCUT2D eigenvalue weighted by Gasteiger charge is 2.02. The van der Waals surface area contributed by atoms with Crippen LogP contribution in [0.25, 0.3) is 0 Å². The lowest BCUT2D eigenvalue weighted by Gasteiger charge is -2.10. The fraction of sp³-hybridized carbons (Fsp3) is 0.529. The Morgan fingerprint density at radius 2 is 1.89 bits per heavy atom. The standard InChI is InChI=1S/C17H27NO/c1-14(7-6-10-18-11-12-19-4)13-17-15(2)8-5-9-16(17)3/h5,7-9,18H,6,10-13H2,1-4H3/b14-7-. The summed E-state index contributed by atoms with van der Waals surface area (Å²) in [5.74, 6) is 0. The monoisotopic (exact) mass is 261 g/mol. The van der Waals surface area contributed by atoms with Crippen LogP contribution in [-0.4, -0.2) is 26.8 Å². The van der Waals surface area contributed by atoms with Crippen molar-refractivity contribution in [3.63, 3.8) is 0 Å². The maximum atomic E-state index is 5.00. The van der Waals surface area contributed by atoms with Crippen LogP contribution in [0.15, 0.2) is 29.8 Å². The van der Waals surface area contributed by atoms with E-state index >= 15 is 0 Å². The van der Waals surface area contributed by atoms with Crippen LogP contribution in [-0.2, 0) is 11.2 Å². The molecule has 1 aromatic carbocycles. The molecule has 0 radical (unpaired) electrons. The van der Waals surface area contributed by atoms with Gasteiger partial charge in [0.2, 0.25) is 0 Å². The van der Waals surface area contributed by atoms with Gasteiger partial charge in [0.05, 0.1) is 6.61 Å². The van der Waals surface area contributed by atoms with E-state index in [1.165, 1.54) is 22.3 Å². The maximum Gasteiger partial charge on any atom is 0.0587 e. The van der Waals surface area contributed by atoms with Gasteiger partial charge in [0.1, 0.15) is 0 Å². The van der Waals surface area contributed by atoms with Gasteiger partial charge in [0.25, 0.3) is 0 Å². The molecule has 0 fully saturated rings. The molecule has 0 aliphatic heterocycles. The molecule has 2 heteroatoms. The first-order valence-corrected chi connectivity index (χ1v) is 7.05. The lowest BCUT2D eigenvalue weighted by Crippen LogP contribution is -2.19. The van der Waals surface area contributed by atoms with E-state index in [1.807, 2.05) is 0 Å².